The van der Waals surface area contributed by atoms with E-state index in [2.05, 4.69) is 33.2 Å². The Hall–Kier alpha value is -2.61. The lowest BCUT2D eigenvalue weighted by Crippen LogP contribution is -2.34. The predicted octanol–water partition coefficient (Wildman–Crippen LogP) is 3.64. The summed E-state index contributed by atoms with van der Waals surface area (Å²) in [6, 6.07) is 11.5. The Morgan fingerprint density at radius 1 is 1.22 bits per heavy atom. The summed E-state index contributed by atoms with van der Waals surface area (Å²) in [7, 11) is 0. The Kier molecular flexibility index (Phi) is 4.42. The van der Waals surface area contributed by atoms with Gasteiger partial charge < -0.3 is 10.2 Å². The topological polar surface area (TPSA) is 64.8 Å². The molecule has 0 bridgehead atoms. The molecular weight excluding hydrogens is 286 g/mol. The Morgan fingerprint density at radius 3 is 2.70 bits per heavy atom. The molecule has 118 valence electrons. The molecule has 0 unspecified atom stereocenters. The van der Waals surface area contributed by atoms with E-state index in [0.29, 0.717) is 5.56 Å². The van der Waals surface area contributed by atoms with E-state index in [1.165, 1.54) is 12.8 Å². The summed E-state index contributed by atoms with van der Waals surface area (Å²) in [5.41, 5.74) is 2.30. The molecule has 1 aromatic heterocycles. The van der Waals surface area contributed by atoms with E-state index >= 15 is 0 Å². The maximum Gasteiger partial charge on any atom is 0.227 e. The average Bonchev–Trinajstić information content (AvgIpc) is 2.55. The van der Waals surface area contributed by atoms with Gasteiger partial charge in [-0.3, -0.25) is 0 Å². The lowest BCUT2D eigenvalue weighted by molar-refractivity contribution is 0.434. The molecule has 0 aliphatic carbocycles. The van der Waals surface area contributed by atoms with E-state index in [-0.39, 0.29) is 0 Å². The number of piperidine rings is 1. The maximum atomic E-state index is 9.20. The summed E-state index contributed by atoms with van der Waals surface area (Å²) in [6.07, 6.45) is 2.36. The normalized spacial score (nSPS) is 15.3. The summed E-state index contributed by atoms with van der Waals surface area (Å²) in [6.45, 7) is 6.26. The zero-order chi connectivity index (χ0) is 16.2. The fraction of sp³-hybridized carbons (Fsp3) is 0.389. The third-order valence-corrected chi connectivity index (χ3v) is 4.22. The van der Waals surface area contributed by atoms with E-state index in [0.717, 1.165) is 42.2 Å². The van der Waals surface area contributed by atoms with Gasteiger partial charge in [0.25, 0.3) is 0 Å². The Bertz CT molecular complexity index is 726. The number of rotatable bonds is 3. The van der Waals surface area contributed by atoms with Gasteiger partial charge in [-0.05, 0) is 37.8 Å². The number of nitriles is 1. The van der Waals surface area contributed by atoms with Gasteiger partial charge in [0.05, 0.1) is 11.3 Å². The smallest absolute Gasteiger partial charge is 0.227 e. The molecule has 0 saturated carbocycles. The third-order valence-electron chi connectivity index (χ3n) is 4.22. The first-order valence-electron chi connectivity index (χ1n) is 8.02. The monoisotopic (exact) mass is 307 g/mol. The van der Waals surface area contributed by atoms with E-state index < -0.39 is 0 Å². The molecule has 5 nitrogen and oxygen atoms in total. The molecule has 1 fully saturated rings. The summed E-state index contributed by atoms with van der Waals surface area (Å²) >= 11 is 0. The van der Waals surface area contributed by atoms with Crippen LogP contribution in [0.4, 0.5) is 17.5 Å². The quantitative estimate of drug-likeness (QED) is 0.938. The summed E-state index contributed by atoms with van der Waals surface area (Å²) < 4.78 is 0. The minimum Gasteiger partial charge on any atom is -0.341 e. The zero-order valence-corrected chi connectivity index (χ0v) is 13.6. The number of hydrogen-bond donors (Lipinski definition) is 1. The molecule has 5 heteroatoms. The van der Waals surface area contributed by atoms with Crippen LogP contribution in [0.2, 0.25) is 0 Å². The lowest BCUT2D eigenvalue weighted by Gasteiger charge is -2.30. The number of anilines is 3. The first-order valence-corrected chi connectivity index (χ1v) is 8.02. The van der Waals surface area contributed by atoms with Crippen LogP contribution in [0.5, 0.6) is 0 Å². The first kappa shape index (κ1) is 15.3. The van der Waals surface area contributed by atoms with E-state index in [1.54, 1.807) is 6.07 Å². The molecule has 1 aliphatic heterocycles. The summed E-state index contributed by atoms with van der Waals surface area (Å²) in [5.74, 6) is 2.28. The number of hydrogen-bond acceptors (Lipinski definition) is 5. The van der Waals surface area contributed by atoms with Crippen LogP contribution in [0.25, 0.3) is 0 Å². The molecule has 0 atom stereocenters. The minimum absolute atomic E-state index is 0.608. The summed E-state index contributed by atoms with van der Waals surface area (Å²) in [5, 5.41) is 12.5. The standard InChI is InChI=1S/C18H21N5/c1-13-7-9-23(10-8-13)18-20-14(2)11-17(22-18)21-16-6-4-3-5-15(16)12-19/h3-6,11,13H,7-10H2,1-2H3,(H,20,21,22). The van der Waals surface area contributed by atoms with Crippen molar-refractivity contribution in [1.29, 1.82) is 5.26 Å². The van der Waals surface area contributed by atoms with E-state index in [4.69, 9.17) is 0 Å². The van der Waals surface area contributed by atoms with Crippen molar-refractivity contribution in [2.45, 2.75) is 26.7 Å². The highest BCUT2D eigenvalue weighted by molar-refractivity contribution is 5.65. The van der Waals surface area contributed by atoms with Crippen molar-refractivity contribution in [1.82, 2.24) is 9.97 Å². The van der Waals surface area contributed by atoms with Crippen LogP contribution in [0, 0.1) is 24.2 Å². The van der Waals surface area contributed by atoms with Crippen LogP contribution in [-0.4, -0.2) is 23.1 Å². The van der Waals surface area contributed by atoms with Crippen molar-refractivity contribution in [3.8, 4) is 6.07 Å². The Morgan fingerprint density at radius 2 is 1.96 bits per heavy atom. The van der Waals surface area contributed by atoms with Gasteiger partial charge in [0.2, 0.25) is 5.95 Å². The molecule has 2 heterocycles. The van der Waals surface area contributed by atoms with Gasteiger partial charge in [0.1, 0.15) is 11.9 Å². The largest absolute Gasteiger partial charge is 0.341 e. The van der Waals surface area contributed by atoms with Gasteiger partial charge in [-0.2, -0.15) is 10.2 Å². The molecule has 1 aromatic carbocycles. The molecule has 1 N–H and O–H groups in total. The van der Waals surface area contributed by atoms with E-state index in [9.17, 15) is 5.26 Å². The highest BCUT2D eigenvalue weighted by atomic mass is 15.3. The highest BCUT2D eigenvalue weighted by Gasteiger charge is 2.18. The lowest BCUT2D eigenvalue weighted by atomic mass is 10.00. The average molecular weight is 307 g/mol. The van der Waals surface area contributed by atoms with Gasteiger partial charge in [-0.25, -0.2) is 4.98 Å². The van der Waals surface area contributed by atoms with Gasteiger partial charge in [-0.1, -0.05) is 19.1 Å². The Labute approximate surface area is 137 Å². The van der Waals surface area contributed by atoms with Crippen LogP contribution in [0.15, 0.2) is 30.3 Å². The molecule has 1 aliphatic rings. The van der Waals surface area contributed by atoms with Crippen molar-refractivity contribution in [2.75, 3.05) is 23.3 Å². The van der Waals surface area contributed by atoms with Crippen molar-refractivity contribution in [3.05, 3.63) is 41.6 Å². The van der Waals surface area contributed by atoms with Gasteiger partial charge in [0.15, 0.2) is 0 Å². The second-order valence-corrected chi connectivity index (χ2v) is 6.15. The maximum absolute atomic E-state index is 9.20. The van der Waals surface area contributed by atoms with Crippen LogP contribution >= 0.6 is 0 Å². The number of para-hydroxylation sites is 1. The SMILES string of the molecule is Cc1cc(Nc2ccccc2C#N)nc(N2CCC(C)CC2)n1. The summed E-state index contributed by atoms with van der Waals surface area (Å²) in [4.78, 5) is 11.5. The van der Waals surface area contributed by atoms with Crippen molar-refractivity contribution < 1.29 is 0 Å². The molecule has 2 aromatic rings. The van der Waals surface area contributed by atoms with Crippen molar-refractivity contribution >= 4 is 17.5 Å². The van der Waals surface area contributed by atoms with Crippen molar-refractivity contribution in [2.24, 2.45) is 5.92 Å². The second kappa shape index (κ2) is 6.66. The number of aromatic nitrogens is 2. The van der Waals surface area contributed by atoms with Crippen molar-refractivity contribution in [3.63, 3.8) is 0 Å². The van der Waals surface area contributed by atoms with E-state index in [1.807, 2.05) is 31.2 Å². The first-order chi connectivity index (χ1) is 11.2. The predicted molar refractivity (Wildman–Crippen MR) is 91.8 cm³/mol. The van der Waals surface area contributed by atoms with Gasteiger partial charge in [0, 0.05) is 24.8 Å². The molecule has 0 radical (unpaired) electrons. The minimum atomic E-state index is 0.608. The van der Waals surface area contributed by atoms with Gasteiger partial charge >= 0.3 is 0 Å². The number of aryl methyl sites for hydroxylation is 1. The fourth-order valence-corrected chi connectivity index (χ4v) is 2.79. The molecule has 1 saturated heterocycles. The number of benzene rings is 1. The van der Waals surface area contributed by atoms with Crippen LogP contribution in [0.1, 0.15) is 31.0 Å². The van der Waals surface area contributed by atoms with Gasteiger partial charge in [-0.15, -0.1) is 0 Å². The molecule has 0 spiro atoms. The second-order valence-electron chi connectivity index (χ2n) is 6.15. The Balaban J connectivity index is 1.85. The number of nitrogens with one attached hydrogen (secondary N) is 1. The van der Waals surface area contributed by atoms with Crippen LogP contribution < -0.4 is 10.2 Å². The molecule has 3 rings (SSSR count). The third kappa shape index (κ3) is 3.59. The molecule has 23 heavy (non-hydrogen) atoms. The zero-order valence-electron chi connectivity index (χ0n) is 13.6. The number of nitrogens with zero attached hydrogens (tertiary/aromatic N) is 4. The van der Waals surface area contributed by atoms with Crippen LogP contribution in [-0.2, 0) is 0 Å². The van der Waals surface area contributed by atoms with Crippen LogP contribution in [0.3, 0.4) is 0 Å². The molecular formula is C18H21N5. The highest BCUT2D eigenvalue weighted by Crippen LogP contribution is 2.24. The fourth-order valence-electron chi connectivity index (χ4n) is 2.79. The molecule has 0 amide bonds.